The first kappa shape index (κ1) is 21.7. The summed E-state index contributed by atoms with van der Waals surface area (Å²) in [5, 5.41) is 13.1. The Morgan fingerprint density at radius 3 is 2.61 bits per heavy atom. The van der Waals surface area contributed by atoms with Gasteiger partial charge in [0.15, 0.2) is 5.82 Å². The number of hydrogen-bond donors (Lipinski definition) is 2. The Bertz CT molecular complexity index is 1310. The Morgan fingerprint density at radius 1 is 1.03 bits per heavy atom. The van der Waals surface area contributed by atoms with Gasteiger partial charge in [-0.1, -0.05) is 6.07 Å². The molecule has 0 spiro atoms. The number of hydrogen-bond acceptors (Lipinski definition) is 7. The zero-order valence-electron chi connectivity index (χ0n) is 17.7. The number of carbonyl (C=O) groups excluding carboxylic acids is 2. The van der Waals surface area contributed by atoms with Crippen LogP contribution in [-0.4, -0.2) is 41.5 Å². The molecule has 0 aliphatic rings. The molecule has 0 fully saturated rings. The summed E-state index contributed by atoms with van der Waals surface area (Å²) in [5.41, 5.74) is 0.284. The first-order chi connectivity index (χ1) is 15.9. The van der Waals surface area contributed by atoms with E-state index < -0.39 is 17.6 Å². The van der Waals surface area contributed by atoms with Gasteiger partial charge in [-0.25, -0.2) is 19.3 Å². The van der Waals surface area contributed by atoms with Gasteiger partial charge in [0.05, 0.1) is 5.56 Å². The maximum absolute atomic E-state index is 14.4. The number of pyridine rings is 1. The molecule has 2 amide bonds. The van der Waals surface area contributed by atoms with Gasteiger partial charge in [0.1, 0.15) is 35.8 Å². The number of carbonyl (C=O) groups is 2. The fraction of sp³-hybridized carbons (Fsp3) is 0.136. The van der Waals surface area contributed by atoms with Gasteiger partial charge < -0.3 is 15.2 Å². The summed E-state index contributed by atoms with van der Waals surface area (Å²) < 4.78 is 16.2. The third-order valence-corrected chi connectivity index (χ3v) is 4.65. The highest BCUT2D eigenvalue weighted by Crippen LogP contribution is 2.20. The van der Waals surface area contributed by atoms with Gasteiger partial charge in [0.2, 0.25) is 0 Å². The van der Waals surface area contributed by atoms with Crippen molar-refractivity contribution in [3.63, 3.8) is 0 Å². The van der Waals surface area contributed by atoms with Crippen molar-refractivity contribution in [1.82, 2.24) is 29.7 Å². The van der Waals surface area contributed by atoms with E-state index in [1.165, 1.54) is 30.7 Å². The van der Waals surface area contributed by atoms with Gasteiger partial charge in [-0.2, -0.15) is 0 Å². The van der Waals surface area contributed by atoms with Gasteiger partial charge in [0.25, 0.3) is 11.8 Å². The number of rotatable bonds is 6. The largest absolute Gasteiger partial charge is 0.310 e. The maximum Gasteiger partial charge on any atom is 0.259 e. The molecule has 0 aliphatic heterocycles. The number of nitrogens with zero attached hydrogens (tertiary/aromatic N) is 6. The molecule has 3 heterocycles. The van der Waals surface area contributed by atoms with Gasteiger partial charge in [-0.05, 0) is 50.2 Å². The third kappa shape index (κ3) is 4.87. The normalized spacial score (nSPS) is 10.8. The summed E-state index contributed by atoms with van der Waals surface area (Å²) in [7, 11) is 0. The molecule has 0 atom stereocenters. The van der Waals surface area contributed by atoms with E-state index in [0.29, 0.717) is 11.5 Å². The van der Waals surface area contributed by atoms with E-state index in [2.05, 4.69) is 35.8 Å². The minimum absolute atomic E-state index is 0.0897. The van der Waals surface area contributed by atoms with Crippen molar-refractivity contribution in [2.45, 2.75) is 19.9 Å². The van der Waals surface area contributed by atoms with Crippen LogP contribution in [0.1, 0.15) is 40.6 Å². The number of halogens is 1. The van der Waals surface area contributed by atoms with E-state index in [9.17, 15) is 14.0 Å². The summed E-state index contributed by atoms with van der Waals surface area (Å²) >= 11 is 0. The average Bonchev–Trinajstić information content (AvgIpc) is 3.31. The van der Waals surface area contributed by atoms with Crippen LogP contribution in [0.5, 0.6) is 0 Å². The lowest BCUT2D eigenvalue weighted by Crippen LogP contribution is -2.18. The summed E-state index contributed by atoms with van der Waals surface area (Å²) in [6.07, 6.45) is 4.35. The molecular formula is C22H19FN8O2. The molecule has 0 aliphatic carbocycles. The van der Waals surface area contributed by atoms with Gasteiger partial charge >= 0.3 is 0 Å². The van der Waals surface area contributed by atoms with Crippen molar-refractivity contribution in [2.75, 3.05) is 10.6 Å². The highest BCUT2D eigenvalue weighted by Gasteiger charge is 2.18. The quantitative estimate of drug-likeness (QED) is 0.465. The van der Waals surface area contributed by atoms with E-state index in [1.54, 1.807) is 24.5 Å². The average molecular weight is 446 g/mol. The van der Waals surface area contributed by atoms with Crippen molar-refractivity contribution in [3.05, 3.63) is 78.3 Å². The van der Waals surface area contributed by atoms with E-state index in [-0.39, 0.29) is 28.8 Å². The number of amides is 2. The SMILES string of the molecule is CC(C)n1cnnc1-c1cccc(NC(=O)c2cc(C(=O)Nc3ccncn3)ccc2F)n1. The predicted molar refractivity (Wildman–Crippen MR) is 118 cm³/mol. The molecule has 0 saturated carbocycles. The minimum atomic E-state index is -0.776. The zero-order valence-corrected chi connectivity index (χ0v) is 17.7. The molecule has 166 valence electrons. The van der Waals surface area contributed by atoms with E-state index in [0.717, 1.165) is 6.07 Å². The van der Waals surface area contributed by atoms with Crippen LogP contribution in [0.4, 0.5) is 16.0 Å². The molecular weight excluding hydrogens is 427 g/mol. The van der Waals surface area contributed by atoms with Gasteiger partial charge in [-0.3, -0.25) is 9.59 Å². The lowest BCUT2D eigenvalue weighted by atomic mass is 10.1. The lowest BCUT2D eigenvalue weighted by molar-refractivity contribution is 0.102. The molecule has 3 aromatic heterocycles. The van der Waals surface area contributed by atoms with Gasteiger partial charge in [-0.15, -0.1) is 10.2 Å². The van der Waals surface area contributed by atoms with Crippen LogP contribution >= 0.6 is 0 Å². The second-order valence-corrected chi connectivity index (χ2v) is 7.26. The minimum Gasteiger partial charge on any atom is -0.310 e. The monoisotopic (exact) mass is 446 g/mol. The van der Waals surface area contributed by atoms with Crippen LogP contribution in [-0.2, 0) is 0 Å². The Kier molecular flexibility index (Phi) is 6.11. The zero-order chi connectivity index (χ0) is 23.4. The summed E-state index contributed by atoms with van der Waals surface area (Å²) in [6, 6.07) is 10.1. The molecule has 11 heteroatoms. The van der Waals surface area contributed by atoms with Crippen molar-refractivity contribution in [3.8, 4) is 11.5 Å². The number of aromatic nitrogens is 6. The van der Waals surface area contributed by atoms with Gasteiger partial charge in [0, 0.05) is 17.8 Å². The first-order valence-corrected chi connectivity index (χ1v) is 9.97. The standard InChI is InChI=1S/C22H19FN8O2/c1-13(2)31-12-26-30-20(31)17-4-3-5-19(27-17)29-22(33)15-10-14(6-7-16(15)23)21(32)28-18-8-9-24-11-25-18/h3-13H,1-2H3,(H,27,29,33)(H,24,25,28,32). The second kappa shape index (κ2) is 9.30. The molecule has 2 N–H and O–H groups in total. The van der Waals surface area contributed by atoms with Crippen LogP contribution < -0.4 is 10.6 Å². The molecule has 33 heavy (non-hydrogen) atoms. The smallest absolute Gasteiger partial charge is 0.259 e. The number of benzene rings is 1. The molecule has 10 nitrogen and oxygen atoms in total. The molecule has 0 bridgehead atoms. The van der Waals surface area contributed by atoms with Crippen molar-refractivity contribution in [2.24, 2.45) is 0 Å². The summed E-state index contributed by atoms with van der Waals surface area (Å²) in [4.78, 5) is 37.3. The Labute approximate surface area is 188 Å². The predicted octanol–water partition coefficient (Wildman–Crippen LogP) is 3.35. The van der Waals surface area contributed by atoms with E-state index in [4.69, 9.17) is 0 Å². The van der Waals surface area contributed by atoms with E-state index in [1.807, 2.05) is 18.4 Å². The van der Waals surface area contributed by atoms with Crippen molar-refractivity contribution >= 4 is 23.5 Å². The van der Waals surface area contributed by atoms with E-state index >= 15 is 0 Å². The maximum atomic E-state index is 14.4. The number of nitrogens with one attached hydrogen (secondary N) is 2. The highest BCUT2D eigenvalue weighted by atomic mass is 19.1. The van der Waals surface area contributed by atoms with Crippen LogP contribution in [0.2, 0.25) is 0 Å². The molecule has 0 saturated heterocycles. The summed E-state index contributed by atoms with van der Waals surface area (Å²) in [6.45, 7) is 3.96. The summed E-state index contributed by atoms with van der Waals surface area (Å²) in [5.74, 6) is -1.06. The molecule has 0 unspecified atom stereocenters. The molecule has 4 aromatic rings. The Balaban J connectivity index is 1.55. The Hall–Kier alpha value is -4.54. The van der Waals surface area contributed by atoms with Crippen LogP contribution in [0, 0.1) is 5.82 Å². The van der Waals surface area contributed by atoms with Crippen LogP contribution in [0.15, 0.2) is 61.3 Å². The lowest BCUT2D eigenvalue weighted by Gasteiger charge is -2.11. The second-order valence-electron chi connectivity index (χ2n) is 7.26. The van der Waals surface area contributed by atoms with Crippen molar-refractivity contribution < 1.29 is 14.0 Å². The van der Waals surface area contributed by atoms with Crippen LogP contribution in [0.25, 0.3) is 11.5 Å². The topological polar surface area (TPSA) is 128 Å². The van der Waals surface area contributed by atoms with Crippen molar-refractivity contribution in [1.29, 1.82) is 0 Å². The van der Waals surface area contributed by atoms with Crippen LogP contribution in [0.3, 0.4) is 0 Å². The first-order valence-electron chi connectivity index (χ1n) is 9.97. The fourth-order valence-electron chi connectivity index (χ4n) is 3.01. The molecule has 1 aromatic carbocycles. The number of anilines is 2. The molecule has 4 rings (SSSR count). The Morgan fingerprint density at radius 2 is 1.85 bits per heavy atom. The molecule has 0 radical (unpaired) electrons. The highest BCUT2D eigenvalue weighted by molar-refractivity contribution is 6.08. The third-order valence-electron chi connectivity index (χ3n) is 4.65. The fourth-order valence-corrected chi connectivity index (χ4v) is 3.01.